The number of carbonyl (C=O) groups is 1. The summed E-state index contributed by atoms with van der Waals surface area (Å²) >= 11 is 0. The van der Waals surface area contributed by atoms with E-state index in [1.54, 1.807) is 0 Å². The first-order valence-electron chi connectivity index (χ1n) is 8.91. The second-order valence-corrected chi connectivity index (χ2v) is 8.04. The van der Waals surface area contributed by atoms with Crippen LogP contribution >= 0.6 is 0 Å². The second kappa shape index (κ2) is 5.18. The summed E-state index contributed by atoms with van der Waals surface area (Å²) in [6, 6.07) is 0. The van der Waals surface area contributed by atoms with Gasteiger partial charge in [-0.1, -0.05) is 6.92 Å². The lowest BCUT2D eigenvalue weighted by Gasteiger charge is -2.47. The van der Waals surface area contributed by atoms with E-state index in [0.29, 0.717) is 23.8 Å². The van der Waals surface area contributed by atoms with Crippen molar-refractivity contribution in [3.8, 4) is 0 Å². The highest BCUT2D eigenvalue weighted by Crippen LogP contribution is 2.65. The Morgan fingerprint density at radius 2 is 1.95 bits per heavy atom. The molecule has 1 spiro atoms. The first kappa shape index (κ1) is 14.9. The third-order valence-corrected chi connectivity index (χ3v) is 6.64. The molecule has 4 rings (SSSR count). The van der Waals surface area contributed by atoms with Gasteiger partial charge in [0.25, 0.3) is 0 Å². The Hall–Kier alpha value is -0.650. The molecule has 1 N–H and O–H groups in total. The summed E-state index contributed by atoms with van der Waals surface area (Å²) in [6.07, 6.45) is 5.83. The molecule has 1 amide bonds. The van der Waals surface area contributed by atoms with E-state index in [-0.39, 0.29) is 5.60 Å². The van der Waals surface area contributed by atoms with Crippen LogP contribution in [0, 0.1) is 17.3 Å². The molecule has 0 aromatic carbocycles. The van der Waals surface area contributed by atoms with Crippen LogP contribution in [0.4, 0.5) is 0 Å². The summed E-state index contributed by atoms with van der Waals surface area (Å²) in [4.78, 5) is 15.0. The topological polar surface area (TPSA) is 44.8 Å². The zero-order valence-electron chi connectivity index (χ0n) is 13.9. The summed E-state index contributed by atoms with van der Waals surface area (Å²) in [5.41, 5.74) is 3.46. The highest BCUT2D eigenvalue weighted by Gasteiger charge is 2.62. The summed E-state index contributed by atoms with van der Waals surface area (Å²) in [5, 5.41) is 2.24. The van der Waals surface area contributed by atoms with Crippen molar-refractivity contribution in [3.63, 3.8) is 0 Å². The van der Waals surface area contributed by atoms with E-state index in [9.17, 15) is 4.79 Å². The normalized spacial score (nSPS) is 38.3. The van der Waals surface area contributed by atoms with Crippen molar-refractivity contribution in [3.05, 3.63) is 0 Å². The lowest BCUT2D eigenvalue weighted by atomic mass is 9.89. The van der Waals surface area contributed by atoms with Gasteiger partial charge >= 0.3 is 0 Å². The minimum Gasteiger partial charge on any atom is -0.371 e. The fraction of sp³-hybridized carbons (Fsp3) is 0.941. The van der Waals surface area contributed by atoms with Crippen molar-refractivity contribution in [1.29, 1.82) is 0 Å². The maximum absolute atomic E-state index is 12.9. The first-order chi connectivity index (χ1) is 10.6. The number of hydrogen-bond acceptors (Lipinski definition) is 4. The van der Waals surface area contributed by atoms with E-state index in [0.717, 1.165) is 51.4 Å². The number of nitrogens with zero attached hydrogens (tertiary/aromatic N) is 2. The van der Waals surface area contributed by atoms with Crippen LogP contribution in [0.3, 0.4) is 0 Å². The Balaban J connectivity index is 1.38. The predicted octanol–water partition coefficient (Wildman–Crippen LogP) is 1.25. The number of amides is 1. The number of hydrogen-bond donors (Lipinski definition) is 1. The standard InChI is InChI=1S/C17H29N3O2/c1-16(13-3-4-13)11-14(16)15(21)19-9-10-22-17(12-19)5-7-20(18-2)8-6-17/h13-14,18H,3-12H2,1-2H3/t14-,16-/m0/s1. The zero-order valence-corrected chi connectivity index (χ0v) is 13.9. The van der Waals surface area contributed by atoms with Gasteiger partial charge < -0.3 is 9.64 Å². The van der Waals surface area contributed by atoms with E-state index in [4.69, 9.17) is 4.74 Å². The monoisotopic (exact) mass is 307 g/mol. The molecule has 5 nitrogen and oxygen atoms in total. The van der Waals surface area contributed by atoms with E-state index in [1.807, 2.05) is 7.05 Å². The van der Waals surface area contributed by atoms with Gasteiger partial charge in [0.15, 0.2) is 0 Å². The average molecular weight is 307 g/mol. The summed E-state index contributed by atoms with van der Waals surface area (Å²) < 4.78 is 6.14. The fourth-order valence-corrected chi connectivity index (χ4v) is 4.64. The van der Waals surface area contributed by atoms with E-state index in [2.05, 4.69) is 22.3 Å². The molecule has 4 fully saturated rings. The maximum atomic E-state index is 12.9. The first-order valence-corrected chi connectivity index (χ1v) is 8.91. The SMILES string of the molecule is CNN1CCC2(CC1)CN(C(=O)[C@@H]1C[C@@]1(C)C1CC1)CCO2. The van der Waals surface area contributed by atoms with Crippen molar-refractivity contribution in [2.75, 3.05) is 39.8 Å². The van der Waals surface area contributed by atoms with Gasteiger partial charge in [-0.15, -0.1) is 0 Å². The molecule has 5 heteroatoms. The number of ether oxygens (including phenoxy) is 1. The van der Waals surface area contributed by atoms with Crippen LogP contribution in [-0.2, 0) is 9.53 Å². The average Bonchev–Trinajstić information content (AvgIpc) is 3.43. The summed E-state index contributed by atoms with van der Waals surface area (Å²) in [7, 11) is 1.97. The molecule has 0 aromatic heterocycles. The van der Waals surface area contributed by atoms with Gasteiger partial charge in [-0.3, -0.25) is 10.2 Å². The molecular weight excluding hydrogens is 278 g/mol. The lowest BCUT2D eigenvalue weighted by Crippen LogP contribution is -2.59. The highest BCUT2D eigenvalue weighted by molar-refractivity contribution is 5.83. The van der Waals surface area contributed by atoms with Crippen molar-refractivity contribution >= 4 is 5.91 Å². The zero-order chi connectivity index (χ0) is 15.4. The van der Waals surface area contributed by atoms with Crippen LogP contribution in [0.2, 0.25) is 0 Å². The molecule has 0 aromatic rings. The molecule has 22 heavy (non-hydrogen) atoms. The van der Waals surface area contributed by atoms with Crippen LogP contribution in [0.15, 0.2) is 0 Å². The number of hydrazine groups is 1. The third kappa shape index (κ3) is 2.47. The van der Waals surface area contributed by atoms with Crippen molar-refractivity contribution in [2.45, 2.75) is 44.6 Å². The summed E-state index contributed by atoms with van der Waals surface area (Å²) in [5.74, 6) is 1.54. The highest BCUT2D eigenvalue weighted by atomic mass is 16.5. The van der Waals surface area contributed by atoms with E-state index < -0.39 is 0 Å². The molecule has 4 aliphatic rings. The number of piperidine rings is 1. The Morgan fingerprint density at radius 1 is 1.23 bits per heavy atom. The van der Waals surface area contributed by atoms with Crippen LogP contribution in [0.1, 0.15) is 39.0 Å². The van der Waals surface area contributed by atoms with Crippen molar-refractivity contribution in [2.24, 2.45) is 17.3 Å². The van der Waals surface area contributed by atoms with Crippen molar-refractivity contribution < 1.29 is 9.53 Å². The van der Waals surface area contributed by atoms with Gasteiger partial charge in [-0.05, 0) is 50.5 Å². The third-order valence-electron chi connectivity index (χ3n) is 6.64. The smallest absolute Gasteiger partial charge is 0.226 e. The van der Waals surface area contributed by atoms with Crippen LogP contribution in [0.25, 0.3) is 0 Å². The Morgan fingerprint density at radius 3 is 2.59 bits per heavy atom. The molecule has 124 valence electrons. The van der Waals surface area contributed by atoms with Gasteiger partial charge in [-0.25, -0.2) is 5.01 Å². The van der Waals surface area contributed by atoms with Crippen LogP contribution in [0.5, 0.6) is 0 Å². The molecule has 0 radical (unpaired) electrons. The van der Waals surface area contributed by atoms with Crippen LogP contribution < -0.4 is 5.43 Å². The molecule has 2 atom stereocenters. The molecular formula is C17H29N3O2. The number of morpholine rings is 1. The molecule has 0 unspecified atom stereocenters. The maximum Gasteiger partial charge on any atom is 0.226 e. The van der Waals surface area contributed by atoms with Crippen LogP contribution in [-0.4, -0.2) is 61.3 Å². The molecule has 2 saturated heterocycles. The minimum atomic E-state index is -0.0911. The summed E-state index contributed by atoms with van der Waals surface area (Å²) in [6.45, 7) is 6.63. The second-order valence-electron chi connectivity index (χ2n) is 8.04. The van der Waals surface area contributed by atoms with Gasteiger partial charge in [0.1, 0.15) is 0 Å². The predicted molar refractivity (Wildman–Crippen MR) is 84.1 cm³/mol. The fourth-order valence-electron chi connectivity index (χ4n) is 4.64. The minimum absolute atomic E-state index is 0.0911. The Bertz CT molecular complexity index is 457. The van der Waals surface area contributed by atoms with E-state index >= 15 is 0 Å². The number of carbonyl (C=O) groups excluding carboxylic acids is 1. The van der Waals surface area contributed by atoms with Crippen molar-refractivity contribution in [1.82, 2.24) is 15.3 Å². The molecule has 0 bridgehead atoms. The Labute approximate surface area is 133 Å². The molecule has 2 saturated carbocycles. The quantitative estimate of drug-likeness (QED) is 0.852. The Kier molecular flexibility index (Phi) is 3.51. The lowest BCUT2D eigenvalue weighted by molar-refractivity contribution is -0.162. The van der Waals surface area contributed by atoms with Gasteiger partial charge in [0.2, 0.25) is 5.91 Å². The van der Waals surface area contributed by atoms with E-state index in [1.165, 1.54) is 12.8 Å². The molecule has 2 heterocycles. The molecule has 2 aliphatic heterocycles. The van der Waals surface area contributed by atoms with Gasteiger partial charge in [0.05, 0.1) is 12.2 Å². The van der Waals surface area contributed by atoms with Gasteiger partial charge in [-0.2, -0.15) is 0 Å². The molecule has 2 aliphatic carbocycles. The largest absolute Gasteiger partial charge is 0.371 e. The number of nitrogens with one attached hydrogen (secondary N) is 1. The number of rotatable bonds is 3. The van der Waals surface area contributed by atoms with Gasteiger partial charge in [0, 0.05) is 32.1 Å².